The van der Waals surface area contributed by atoms with E-state index in [1.807, 2.05) is 0 Å². The van der Waals surface area contributed by atoms with Crippen LogP contribution in [0, 0.1) is 5.41 Å². The Bertz CT molecular complexity index is 1510. The number of aromatic carboxylic acids is 1. The van der Waals surface area contributed by atoms with E-state index in [-0.39, 0.29) is 27.5 Å². The number of carbonyl (C=O) groups excluding carboxylic acids is 1. The van der Waals surface area contributed by atoms with Crippen molar-refractivity contribution in [2.24, 2.45) is 0 Å². The minimum absolute atomic E-state index is 0.0245. The average Bonchev–Trinajstić information content (AvgIpc) is 2.88. The van der Waals surface area contributed by atoms with Crippen LogP contribution in [0.15, 0.2) is 85.2 Å². The molecule has 0 unspecified atom stereocenters. The number of hydrogen-bond donors (Lipinski definition) is 3. The number of halogens is 4. The first-order valence-corrected chi connectivity index (χ1v) is 11.1. The minimum Gasteiger partial charge on any atom is -0.478 e. The lowest BCUT2D eigenvalue weighted by Crippen LogP contribution is -2.20. The SMILES string of the molecule is N=C(c1ccc(C(=O)O)cc1)c1ccc(-c2ccncc2)cc1NC(=O)c1c(Cl)cccc1C(F)(F)F. The molecular formula is C27H17ClF3N3O3. The molecule has 3 aromatic carbocycles. The molecule has 0 aliphatic heterocycles. The zero-order valence-corrected chi connectivity index (χ0v) is 19.6. The summed E-state index contributed by atoms with van der Waals surface area (Å²) in [5.74, 6) is -2.23. The Hall–Kier alpha value is -4.50. The van der Waals surface area contributed by atoms with Gasteiger partial charge in [0.2, 0.25) is 0 Å². The van der Waals surface area contributed by atoms with Gasteiger partial charge >= 0.3 is 12.1 Å². The van der Waals surface area contributed by atoms with Gasteiger partial charge in [0.15, 0.2) is 0 Å². The summed E-state index contributed by atoms with van der Waals surface area (Å²) >= 11 is 6.00. The van der Waals surface area contributed by atoms with Crippen molar-refractivity contribution in [3.05, 3.63) is 118 Å². The predicted octanol–water partition coefficient (Wildman–Crippen LogP) is 6.79. The average molecular weight is 524 g/mol. The first-order valence-electron chi connectivity index (χ1n) is 10.7. The van der Waals surface area contributed by atoms with Crippen molar-refractivity contribution in [1.29, 1.82) is 5.41 Å². The summed E-state index contributed by atoms with van der Waals surface area (Å²) in [6, 6.07) is 16.8. The molecule has 1 aromatic heterocycles. The molecule has 186 valence electrons. The van der Waals surface area contributed by atoms with Gasteiger partial charge < -0.3 is 10.4 Å². The number of nitrogens with one attached hydrogen (secondary N) is 2. The first kappa shape index (κ1) is 25.6. The van der Waals surface area contributed by atoms with Gasteiger partial charge in [-0.2, -0.15) is 13.2 Å². The molecule has 0 radical (unpaired) electrons. The van der Waals surface area contributed by atoms with Crippen molar-refractivity contribution < 1.29 is 27.9 Å². The number of rotatable bonds is 6. The summed E-state index contributed by atoms with van der Waals surface area (Å²) in [6.07, 6.45) is -1.70. The molecule has 0 aliphatic rings. The number of nitrogens with zero attached hydrogens (tertiary/aromatic N) is 1. The van der Waals surface area contributed by atoms with E-state index < -0.39 is 29.2 Å². The Labute approximate surface area is 213 Å². The van der Waals surface area contributed by atoms with Crippen LogP contribution in [0.3, 0.4) is 0 Å². The van der Waals surface area contributed by atoms with E-state index in [4.69, 9.17) is 22.1 Å². The Morgan fingerprint density at radius 2 is 1.54 bits per heavy atom. The maximum atomic E-state index is 13.6. The Morgan fingerprint density at radius 3 is 2.16 bits per heavy atom. The van der Waals surface area contributed by atoms with Crippen LogP contribution in [-0.4, -0.2) is 27.7 Å². The summed E-state index contributed by atoms with van der Waals surface area (Å²) in [6.45, 7) is 0. The molecule has 10 heteroatoms. The molecule has 0 fully saturated rings. The molecule has 0 bridgehead atoms. The van der Waals surface area contributed by atoms with E-state index in [0.29, 0.717) is 11.1 Å². The van der Waals surface area contributed by atoms with Crippen molar-refractivity contribution in [1.82, 2.24) is 4.98 Å². The van der Waals surface area contributed by atoms with Gasteiger partial charge in [-0.3, -0.25) is 15.2 Å². The van der Waals surface area contributed by atoms with E-state index in [1.54, 1.807) is 36.7 Å². The van der Waals surface area contributed by atoms with Crippen molar-refractivity contribution in [2.75, 3.05) is 5.32 Å². The van der Waals surface area contributed by atoms with Gasteiger partial charge in [0, 0.05) is 23.5 Å². The molecule has 0 atom stereocenters. The quantitative estimate of drug-likeness (QED) is 0.242. The Balaban J connectivity index is 1.80. The maximum Gasteiger partial charge on any atom is 0.417 e. The highest BCUT2D eigenvalue weighted by Crippen LogP contribution is 2.36. The van der Waals surface area contributed by atoms with Crippen LogP contribution < -0.4 is 5.32 Å². The molecule has 37 heavy (non-hydrogen) atoms. The number of amides is 1. The van der Waals surface area contributed by atoms with Gasteiger partial charge in [-0.05, 0) is 53.6 Å². The fraction of sp³-hybridized carbons (Fsp3) is 0.0370. The van der Waals surface area contributed by atoms with Crippen molar-refractivity contribution in [3.8, 4) is 11.1 Å². The molecular weight excluding hydrogens is 507 g/mol. The minimum atomic E-state index is -4.82. The molecule has 1 heterocycles. The van der Waals surface area contributed by atoms with Crippen molar-refractivity contribution in [3.63, 3.8) is 0 Å². The summed E-state index contributed by atoms with van der Waals surface area (Å²) in [5.41, 5.74) is -0.0348. The monoisotopic (exact) mass is 523 g/mol. The van der Waals surface area contributed by atoms with Crippen LogP contribution in [0.2, 0.25) is 5.02 Å². The number of hydrogen-bond acceptors (Lipinski definition) is 4. The van der Waals surface area contributed by atoms with Gasteiger partial charge in [0.05, 0.1) is 33.1 Å². The number of aromatic nitrogens is 1. The van der Waals surface area contributed by atoms with Gasteiger partial charge in [-0.15, -0.1) is 0 Å². The van der Waals surface area contributed by atoms with Crippen LogP contribution in [0.5, 0.6) is 0 Å². The number of carboxylic acid groups (broad SMARTS) is 1. The molecule has 1 amide bonds. The van der Waals surface area contributed by atoms with E-state index in [9.17, 15) is 22.8 Å². The molecule has 0 aliphatic carbocycles. The summed E-state index contributed by atoms with van der Waals surface area (Å²) in [7, 11) is 0. The number of anilines is 1. The fourth-order valence-electron chi connectivity index (χ4n) is 3.70. The zero-order valence-electron chi connectivity index (χ0n) is 18.8. The molecule has 6 nitrogen and oxygen atoms in total. The molecule has 3 N–H and O–H groups in total. The van der Waals surface area contributed by atoms with E-state index in [1.165, 1.54) is 36.4 Å². The van der Waals surface area contributed by atoms with E-state index in [0.717, 1.165) is 17.7 Å². The molecule has 0 spiro atoms. The van der Waals surface area contributed by atoms with Gasteiger partial charge in [0.1, 0.15) is 0 Å². The lowest BCUT2D eigenvalue weighted by Gasteiger charge is -2.17. The topological polar surface area (TPSA) is 103 Å². The lowest BCUT2D eigenvalue weighted by molar-refractivity contribution is -0.137. The largest absolute Gasteiger partial charge is 0.478 e. The summed E-state index contributed by atoms with van der Waals surface area (Å²) < 4.78 is 40.8. The summed E-state index contributed by atoms with van der Waals surface area (Å²) in [5, 5.41) is 19.9. The third-order valence-electron chi connectivity index (χ3n) is 5.52. The Kier molecular flexibility index (Phi) is 7.08. The lowest BCUT2D eigenvalue weighted by atomic mass is 9.96. The highest BCUT2D eigenvalue weighted by atomic mass is 35.5. The number of pyridine rings is 1. The number of carboxylic acids is 1. The Morgan fingerprint density at radius 1 is 0.892 bits per heavy atom. The molecule has 0 saturated heterocycles. The first-order chi connectivity index (χ1) is 17.6. The number of carbonyl (C=O) groups is 2. The van der Waals surface area contributed by atoms with Crippen LogP contribution in [0.25, 0.3) is 11.1 Å². The van der Waals surface area contributed by atoms with Gasteiger partial charge in [-0.1, -0.05) is 41.9 Å². The predicted molar refractivity (Wildman–Crippen MR) is 133 cm³/mol. The highest BCUT2D eigenvalue weighted by Gasteiger charge is 2.36. The molecule has 4 rings (SSSR count). The van der Waals surface area contributed by atoms with Crippen LogP contribution in [0.4, 0.5) is 18.9 Å². The number of alkyl halides is 3. The smallest absolute Gasteiger partial charge is 0.417 e. The third kappa shape index (κ3) is 5.52. The second-order valence-electron chi connectivity index (χ2n) is 7.87. The van der Waals surface area contributed by atoms with Crippen molar-refractivity contribution >= 4 is 34.9 Å². The van der Waals surface area contributed by atoms with Gasteiger partial charge in [0.25, 0.3) is 5.91 Å². The van der Waals surface area contributed by atoms with Crippen LogP contribution >= 0.6 is 11.6 Å². The highest BCUT2D eigenvalue weighted by molar-refractivity contribution is 6.34. The molecule has 0 saturated carbocycles. The van der Waals surface area contributed by atoms with Gasteiger partial charge in [-0.25, -0.2) is 4.79 Å². The number of benzene rings is 3. The normalized spacial score (nSPS) is 11.1. The zero-order chi connectivity index (χ0) is 26.7. The summed E-state index contributed by atoms with van der Waals surface area (Å²) in [4.78, 5) is 28.3. The maximum absolute atomic E-state index is 13.6. The second-order valence-corrected chi connectivity index (χ2v) is 8.28. The van der Waals surface area contributed by atoms with Crippen LogP contribution in [-0.2, 0) is 6.18 Å². The molecule has 4 aromatic rings. The van der Waals surface area contributed by atoms with E-state index >= 15 is 0 Å². The van der Waals surface area contributed by atoms with E-state index in [2.05, 4.69) is 10.3 Å². The third-order valence-corrected chi connectivity index (χ3v) is 5.83. The van der Waals surface area contributed by atoms with Crippen molar-refractivity contribution in [2.45, 2.75) is 6.18 Å². The standard InChI is InChI=1S/C27H17ClF3N3O3/c28-21-3-1-2-20(27(29,30)31)23(21)25(35)34-22-14-18(15-10-12-33-13-11-15)8-9-19(22)24(32)16-4-6-17(7-5-16)26(36)37/h1-14,32H,(H,34,35)(H,36,37). The fourth-order valence-corrected chi connectivity index (χ4v) is 3.96. The second kappa shape index (κ2) is 10.2. The van der Waals surface area contributed by atoms with Crippen LogP contribution in [0.1, 0.15) is 37.4 Å².